The highest BCUT2D eigenvalue weighted by Crippen LogP contribution is 2.39. The third-order valence-electron chi connectivity index (χ3n) is 4.84. The summed E-state index contributed by atoms with van der Waals surface area (Å²) in [7, 11) is 3.02. The van der Waals surface area contributed by atoms with Gasteiger partial charge in [-0.3, -0.25) is 0 Å². The number of urea groups is 1. The smallest absolute Gasteiger partial charge is 0.416 e. The van der Waals surface area contributed by atoms with Crippen molar-refractivity contribution in [2.24, 2.45) is 0 Å². The fourth-order valence-corrected chi connectivity index (χ4v) is 3.42. The Kier molecular flexibility index (Phi) is 5.86. The molecule has 1 saturated heterocycles. The van der Waals surface area contributed by atoms with E-state index in [1.165, 1.54) is 19.1 Å². The number of likely N-dealkylation sites (tertiary alicyclic amines) is 1. The molecule has 9 heteroatoms. The number of alkyl halides is 3. The Labute approximate surface area is 165 Å². The summed E-state index contributed by atoms with van der Waals surface area (Å²) in [4.78, 5) is 14.2. The summed E-state index contributed by atoms with van der Waals surface area (Å²) in [5, 5.41) is 2.27. The Morgan fingerprint density at radius 2 is 1.90 bits per heavy atom. The zero-order valence-electron chi connectivity index (χ0n) is 15.8. The van der Waals surface area contributed by atoms with Crippen LogP contribution >= 0.6 is 0 Å². The Morgan fingerprint density at radius 3 is 2.55 bits per heavy atom. The normalized spacial score (nSPS) is 16.6. The first-order chi connectivity index (χ1) is 13.7. The lowest BCUT2D eigenvalue weighted by Gasteiger charge is -2.27. The second-order valence-electron chi connectivity index (χ2n) is 6.58. The molecule has 0 bridgehead atoms. The first-order valence-corrected chi connectivity index (χ1v) is 8.91. The van der Waals surface area contributed by atoms with Gasteiger partial charge in [-0.05, 0) is 49.2 Å². The van der Waals surface area contributed by atoms with E-state index < -0.39 is 29.3 Å². The molecule has 1 N–H and O–H groups in total. The summed E-state index contributed by atoms with van der Waals surface area (Å²) in [6, 6.07) is 6.03. The molecule has 1 atom stereocenters. The molecule has 156 valence electrons. The van der Waals surface area contributed by atoms with Crippen LogP contribution in [0.5, 0.6) is 11.5 Å². The Balaban J connectivity index is 1.87. The van der Waals surface area contributed by atoms with Gasteiger partial charge >= 0.3 is 12.2 Å². The molecule has 1 fully saturated rings. The van der Waals surface area contributed by atoms with Gasteiger partial charge in [-0.1, -0.05) is 0 Å². The van der Waals surface area contributed by atoms with E-state index >= 15 is 0 Å². The topological polar surface area (TPSA) is 50.8 Å². The Hall–Kier alpha value is -2.97. The van der Waals surface area contributed by atoms with Crippen LogP contribution in [0, 0.1) is 5.82 Å². The van der Waals surface area contributed by atoms with E-state index in [-0.39, 0.29) is 6.04 Å². The average Bonchev–Trinajstić information content (AvgIpc) is 3.18. The van der Waals surface area contributed by atoms with E-state index in [1.54, 1.807) is 18.2 Å². The number of nitrogens with zero attached hydrogens (tertiary/aromatic N) is 1. The number of hydrogen-bond donors (Lipinski definition) is 1. The molecule has 2 amide bonds. The number of hydrogen-bond acceptors (Lipinski definition) is 3. The zero-order chi connectivity index (χ0) is 21.2. The van der Waals surface area contributed by atoms with E-state index in [0.717, 1.165) is 0 Å². The maximum absolute atomic E-state index is 14.0. The van der Waals surface area contributed by atoms with Crippen LogP contribution in [0.15, 0.2) is 36.4 Å². The van der Waals surface area contributed by atoms with Crippen LogP contribution in [0.25, 0.3) is 0 Å². The number of halogens is 4. The van der Waals surface area contributed by atoms with Crippen molar-refractivity contribution in [3.05, 3.63) is 53.3 Å². The van der Waals surface area contributed by atoms with Crippen molar-refractivity contribution >= 4 is 11.7 Å². The molecule has 29 heavy (non-hydrogen) atoms. The van der Waals surface area contributed by atoms with E-state index in [0.29, 0.717) is 54.6 Å². The van der Waals surface area contributed by atoms with Crippen molar-refractivity contribution in [2.45, 2.75) is 25.1 Å². The molecule has 1 aliphatic heterocycles. The first kappa shape index (κ1) is 20.8. The quantitative estimate of drug-likeness (QED) is 0.700. The first-order valence-electron chi connectivity index (χ1n) is 8.91. The molecule has 0 spiro atoms. The van der Waals surface area contributed by atoms with Gasteiger partial charge in [0, 0.05) is 12.1 Å². The number of benzene rings is 2. The van der Waals surface area contributed by atoms with Crippen LogP contribution in [-0.2, 0) is 6.18 Å². The third-order valence-corrected chi connectivity index (χ3v) is 4.84. The predicted molar refractivity (Wildman–Crippen MR) is 98.6 cm³/mol. The molecule has 3 rings (SSSR count). The standard InChI is InChI=1S/C20H20F4N2O3/c1-28-13-6-8-18(29-2)14(11-13)17-4-3-9-26(17)19(27)25-16-10-12(20(22,23)24)5-7-15(16)21/h5-8,10-11,17H,3-4,9H2,1-2H3,(H,25,27). The highest BCUT2D eigenvalue weighted by atomic mass is 19.4. The molecule has 1 unspecified atom stereocenters. The van der Waals surface area contributed by atoms with Crippen molar-refractivity contribution < 1.29 is 31.8 Å². The van der Waals surface area contributed by atoms with Gasteiger partial charge in [-0.15, -0.1) is 0 Å². The van der Waals surface area contributed by atoms with Gasteiger partial charge < -0.3 is 19.7 Å². The molecule has 0 radical (unpaired) electrons. The lowest BCUT2D eigenvalue weighted by atomic mass is 10.0. The summed E-state index contributed by atoms with van der Waals surface area (Å²) in [6.45, 7) is 0.372. The van der Waals surface area contributed by atoms with Gasteiger partial charge in [-0.2, -0.15) is 13.2 Å². The zero-order valence-corrected chi connectivity index (χ0v) is 15.8. The molecule has 5 nitrogen and oxygen atoms in total. The SMILES string of the molecule is COc1ccc(OC)c(C2CCCN2C(=O)Nc2cc(C(F)(F)F)ccc2F)c1. The van der Waals surface area contributed by atoms with Crippen molar-refractivity contribution in [1.29, 1.82) is 0 Å². The minimum Gasteiger partial charge on any atom is -0.497 e. The van der Waals surface area contributed by atoms with Crippen molar-refractivity contribution in [3.8, 4) is 11.5 Å². The van der Waals surface area contributed by atoms with Crippen LogP contribution in [0.4, 0.5) is 28.0 Å². The van der Waals surface area contributed by atoms with Crippen LogP contribution in [-0.4, -0.2) is 31.7 Å². The Morgan fingerprint density at radius 1 is 1.14 bits per heavy atom. The van der Waals surface area contributed by atoms with E-state index in [2.05, 4.69) is 5.32 Å². The summed E-state index contributed by atoms with van der Waals surface area (Å²) in [6.07, 6.45) is -3.33. The second kappa shape index (κ2) is 8.18. The number of ether oxygens (including phenoxy) is 2. The summed E-state index contributed by atoms with van der Waals surface area (Å²) in [5.74, 6) is 0.193. The van der Waals surface area contributed by atoms with Gasteiger partial charge in [0.2, 0.25) is 0 Å². The number of rotatable bonds is 4. The predicted octanol–water partition coefficient (Wildman–Crippen LogP) is 5.23. The average molecular weight is 412 g/mol. The maximum Gasteiger partial charge on any atom is 0.416 e. The molecular formula is C20H20F4N2O3. The summed E-state index contributed by atoms with van der Waals surface area (Å²) in [5.41, 5.74) is -0.848. The monoisotopic (exact) mass is 412 g/mol. The molecule has 0 aliphatic carbocycles. The number of amides is 2. The lowest BCUT2D eigenvalue weighted by Crippen LogP contribution is -2.35. The number of nitrogens with one attached hydrogen (secondary N) is 1. The van der Waals surface area contributed by atoms with E-state index in [9.17, 15) is 22.4 Å². The molecule has 0 saturated carbocycles. The minimum absolute atomic E-state index is 0.372. The molecule has 0 aromatic heterocycles. The summed E-state index contributed by atoms with van der Waals surface area (Å²) < 4.78 is 63.3. The molecule has 2 aromatic rings. The minimum atomic E-state index is -4.64. The van der Waals surface area contributed by atoms with E-state index in [4.69, 9.17) is 9.47 Å². The van der Waals surface area contributed by atoms with Crippen LogP contribution in [0.2, 0.25) is 0 Å². The lowest BCUT2D eigenvalue weighted by molar-refractivity contribution is -0.137. The number of carbonyl (C=O) groups excluding carboxylic acids is 1. The maximum atomic E-state index is 14.0. The highest BCUT2D eigenvalue weighted by Gasteiger charge is 2.34. The van der Waals surface area contributed by atoms with Gasteiger partial charge in [0.15, 0.2) is 0 Å². The van der Waals surface area contributed by atoms with Gasteiger partial charge in [0.1, 0.15) is 17.3 Å². The van der Waals surface area contributed by atoms with Crippen molar-refractivity contribution in [3.63, 3.8) is 0 Å². The number of anilines is 1. The van der Waals surface area contributed by atoms with Gasteiger partial charge in [-0.25, -0.2) is 9.18 Å². The number of methoxy groups -OCH3 is 2. The van der Waals surface area contributed by atoms with Crippen molar-refractivity contribution in [2.75, 3.05) is 26.1 Å². The van der Waals surface area contributed by atoms with Crippen LogP contribution in [0.3, 0.4) is 0 Å². The van der Waals surface area contributed by atoms with Crippen molar-refractivity contribution in [1.82, 2.24) is 4.90 Å². The van der Waals surface area contributed by atoms with Crippen LogP contribution in [0.1, 0.15) is 30.0 Å². The Bertz CT molecular complexity index is 902. The fraction of sp³-hybridized carbons (Fsp3) is 0.350. The summed E-state index contributed by atoms with van der Waals surface area (Å²) >= 11 is 0. The second-order valence-corrected chi connectivity index (χ2v) is 6.58. The largest absolute Gasteiger partial charge is 0.497 e. The third kappa shape index (κ3) is 4.38. The van der Waals surface area contributed by atoms with Gasteiger partial charge in [0.05, 0.1) is 31.5 Å². The fourth-order valence-electron chi connectivity index (χ4n) is 3.42. The molecule has 1 aliphatic rings. The highest BCUT2D eigenvalue weighted by molar-refractivity contribution is 5.90. The van der Waals surface area contributed by atoms with Gasteiger partial charge in [0.25, 0.3) is 0 Å². The molecule has 1 heterocycles. The molecule has 2 aromatic carbocycles. The van der Waals surface area contributed by atoms with Crippen LogP contribution < -0.4 is 14.8 Å². The number of carbonyl (C=O) groups is 1. The van der Waals surface area contributed by atoms with E-state index in [1.807, 2.05) is 0 Å². The molecular weight excluding hydrogens is 392 g/mol.